The van der Waals surface area contributed by atoms with E-state index in [1.807, 2.05) is 20.2 Å². The molecule has 1 aromatic heterocycles. The molecule has 30 heavy (non-hydrogen) atoms. The molecule has 1 aromatic carbocycles. The van der Waals surface area contributed by atoms with Crippen molar-refractivity contribution in [1.29, 1.82) is 0 Å². The molecule has 1 fully saturated rings. The van der Waals surface area contributed by atoms with Gasteiger partial charge < -0.3 is 20.5 Å². The SMILES string of the molecule is CCNC(=NCC(C)(O)c1cnn(C)c1)NCCc1ccc(OC2CCCC2)cc1. The lowest BCUT2D eigenvalue weighted by molar-refractivity contribution is 0.0672. The number of benzene rings is 1. The zero-order valence-electron chi connectivity index (χ0n) is 18.4. The molecule has 0 amide bonds. The van der Waals surface area contributed by atoms with Crippen LogP contribution in [0.1, 0.15) is 50.7 Å². The second kappa shape index (κ2) is 10.5. The van der Waals surface area contributed by atoms with Crippen LogP contribution >= 0.6 is 0 Å². The van der Waals surface area contributed by atoms with E-state index >= 15 is 0 Å². The molecule has 0 saturated heterocycles. The first kappa shape index (κ1) is 22.2. The molecule has 1 saturated carbocycles. The summed E-state index contributed by atoms with van der Waals surface area (Å²) < 4.78 is 7.71. The summed E-state index contributed by atoms with van der Waals surface area (Å²) in [6.07, 6.45) is 9.67. The predicted molar refractivity (Wildman–Crippen MR) is 120 cm³/mol. The van der Waals surface area contributed by atoms with Gasteiger partial charge in [-0.2, -0.15) is 5.10 Å². The van der Waals surface area contributed by atoms with Crippen LogP contribution in [0.2, 0.25) is 0 Å². The normalized spacial score (nSPS) is 17.0. The van der Waals surface area contributed by atoms with E-state index in [0.29, 0.717) is 12.1 Å². The molecule has 7 nitrogen and oxygen atoms in total. The van der Waals surface area contributed by atoms with Gasteiger partial charge in [0.1, 0.15) is 11.4 Å². The smallest absolute Gasteiger partial charge is 0.191 e. The Balaban J connectivity index is 1.48. The van der Waals surface area contributed by atoms with Gasteiger partial charge in [0.25, 0.3) is 0 Å². The van der Waals surface area contributed by atoms with Crippen molar-refractivity contribution in [1.82, 2.24) is 20.4 Å². The van der Waals surface area contributed by atoms with Gasteiger partial charge in [-0.25, -0.2) is 4.99 Å². The van der Waals surface area contributed by atoms with Gasteiger partial charge in [0.15, 0.2) is 5.96 Å². The first-order chi connectivity index (χ1) is 14.5. The minimum Gasteiger partial charge on any atom is -0.490 e. The van der Waals surface area contributed by atoms with Crippen molar-refractivity contribution in [3.63, 3.8) is 0 Å². The Hall–Kier alpha value is -2.54. The molecule has 1 heterocycles. The number of guanidine groups is 1. The van der Waals surface area contributed by atoms with Crippen LogP contribution in [0, 0.1) is 0 Å². The fourth-order valence-electron chi connectivity index (χ4n) is 3.62. The van der Waals surface area contributed by atoms with Crippen molar-refractivity contribution in [2.75, 3.05) is 19.6 Å². The molecule has 0 bridgehead atoms. The van der Waals surface area contributed by atoms with Gasteiger partial charge >= 0.3 is 0 Å². The molecule has 164 valence electrons. The first-order valence-corrected chi connectivity index (χ1v) is 11.0. The average Bonchev–Trinajstić information content (AvgIpc) is 3.39. The van der Waals surface area contributed by atoms with Gasteiger partial charge in [-0.1, -0.05) is 12.1 Å². The van der Waals surface area contributed by atoms with Crippen molar-refractivity contribution in [3.8, 4) is 5.75 Å². The maximum absolute atomic E-state index is 10.7. The highest BCUT2D eigenvalue weighted by Gasteiger charge is 2.24. The number of hydrogen-bond acceptors (Lipinski definition) is 4. The number of ether oxygens (including phenoxy) is 1. The van der Waals surface area contributed by atoms with Crippen LogP contribution < -0.4 is 15.4 Å². The zero-order chi connectivity index (χ0) is 21.4. The van der Waals surface area contributed by atoms with Gasteiger partial charge in [0.2, 0.25) is 0 Å². The maximum Gasteiger partial charge on any atom is 0.191 e. The predicted octanol–water partition coefficient (Wildman–Crippen LogP) is 2.75. The quantitative estimate of drug-likeness (QED) is 0.435. The zero-order valence-corrected chi connectivity index (χ0v) is 18.4. The monoisotopic (exact) mass is 413 g/mol. The summed E-state index contributed by atoms with van der Waals surface area (Å²) in [6.45, 7) is 5.55. The van der Waals surface area contributed by atoms with E-state index in [-0.39, 0.29) is 6.54 Å². The van der Waals surface area contributed by atoms with Crippen molar-refractivity contribution in [2.45, 2.75) is 57.7 Å². The molecule has 1 aliphatic rings. The third-order valence-corrected chi connectivity index (χ3v) is 5.45. The van der Waals surface area contributed by atoms with Gasteiger partial charge in [0.05, 0.1) is 18.8 Å². The molecule has 3 N–H and O–H groups in total. The van der Waals surface area contributed by atoms with Gasteiger partial charge in [-0.05, 0) is 63.6 Å². The van der Waals surface area contributed by atoms with Crippen LogP contribution in [0.3, 0.4) is 0 Å². The number of rotatable bonds is 9. The van der Waals surface area contributed by atoms with E-state index in [9.17, 15) is 5.11 Å². The molecule has 0 aliphatic heterocycles. The highest BCUT2D eigenvalue weighted by Crippen LogP contribution is 2.24. The molecule has 0 spiro atoms. The Bertz CT molecular complexity index is 807. The second-order valence-electron chi connectivity index (χ2n) is 8.22. The highest BCUT2D eigenvalue weighted by molar-refractivity contribution is 5.79. The highest BCUT2D eigenvalue weighted by atomic mass is 16.5. The minimum atomic E-state index is -1.06. The number of nitrogens with zero attached hydrogens (tertiary/aromatic N) is 3. The van der Waals surface area contributed by atoms with E-state index < -0.39 is 5.60 Å². The summed E-state index contributed by atoms with van der Waals surface area (Å²) in [5, 5.41) is 21.4. The van der Waals surface area contributed by atoms with Crippen molar-refractivity contribution < 1.29 is 9.84 Å². The topological polar surface area (TPSA) is 83.7 Å². The number of aryl methyl sites for hydroxylation is 1. The van der Waals surface area contributed by atoms with Crippen molar-refractivity contribution in [3.05, 3.63) is 47.8 Å². The van der Waals surface area contributed by atoms with Crippen LogP contribution in [-0.2, 0) is 19.1 Å². The molecular formula is C23H35N5O2. The first-order valence-electron chi connectivity index (χ1n) is 11.0. The van der Waals surface area contributed by atoms with Crippen LogP contribution in [0.15, 0.2) is 41.7 Å². The fraction of sp³-hybridized carbons (Fsp3) is 0.565. The lowest BCUT2D eigenvalue weighted by Gasteiger charge is -2.20. The Morgan fingerprint density at radius 3 is 2.63 bits per heavy atom. The van der Waals surface area contributed by atoms with Crippen molar-refractivity contribution in [2.24, 2.45) is 12.0 Å². The number of nitrogens with one attached hydrogen (secondary N) is 2. The van der Waals surface area contributed by atoms with E-state index in [1.54, 1.807) is 17.8 Å². The van der Waals surface area contributed by atoms with Crippen LogP contribution in [-0.4, -0.2) is 46.6 Å². The second-order valence-corrected chi connectivity index (χ2v) is 8.22. The Labute approximate surface area is 179 Å². The third-order valence-electron chi connectivity index (χ3n) is 5.45. The molecule has 1 atom stereocenters. The summed E-state index contributed by atoms with van der Waals surface area (Å²) in [5.41, 5.74) is 0.940. The number of aliphatic hydroxyl groups is 1. The summed E-state index contributed by atoms with van der Waals surface area (Å²) in [4.78, 5) is 4.56. The Morgan fingerprint density at radius 1 is 1.27 bits per heavy atom. The lowest BCUT2D eigenvalue weighted by Crippen LogP contribution is -2.39. The molecule has 1 unspecified atom stereocenters. The van der Waals surface area contributed by atoms with E-state index in [2.05, 4.69) is 45.0 Å². The summed E-state index contributed by atoms with van der Waals surface area (Å²) in [7, 11) is 1.84. The number of aliphatic imine (C=N–C) groups is 1. The number of aromatic nitrogens is 2. The van der Waals surface area contributed by atoms with E-state index in [4.69, 9.17) is 4.74 Å². The van der Waals surface area contributed by atoms with Crippen LogP contribution in [0.4, 0.5) is 0 Å². The van der Waals surface area contributed by atoms with E-state index in [0.717, 1.165) is 30.8 Å². The maximum atomic E-state index is 10.7. The molecule has 2 aromatic rings. The molecular weight excluding hydrogens is 378 g/mol. The van der Waals surface area contributed by atoms with Crippen LogP contribution in [0.5, 0.6) is 5.75 Å². The molecule has 0 radical (unpaired) electrons. The molecule has 1 aliphatic carbocycles. The lowest BCUT2D eigenvalue weighted by atomic mass is 10.0. The van der Waals surface area contributed by atoms with Crippen molar-refractivity contribution >= 4 is 5.96 Å². The molecule has 3 rings (SSSR count). The van der Waals surface area contributed by atoms with Gasteiger partial charge in [-0.15, -0.1) is 0 Å². The fourth-order valence-corrected chi connectivity index (χ4v) is 3.62. The summed E-state index contributed by atoms with van der Waals surface area (Å²) in [6, 6.07) is 8.39. The molecule has 7 heteroatoms. The number of hydrogen-bond donors (Lipinski definition) is 3. The average molecular weight is 414 g/mol. The minimum absolute atomic E-state index is 0.251. The Morgan fingerprint density at radius 2 is 2.00 bits per heavy atom. The summed E-state index contributed by atoms with van der Waals surface area (Å²) in [5.74, 6) is 1.66. The van der Waals surface area contributed by atoms with Crippen LogP contribution in [0.25, 0.3) is 0 Å². The third kappa shape index (κ3) is 6.49. The standard InChI is InChI=1S/C23H35N5O2/c1-4-24-22(26-17-23(2,29)19-15-27-28(3)16-19)25-14-13-18-9-11-21(12-10-18)30-20-7-5-6-8-20/h9-12,15-16,20,29H,4-8,13-14,17H2,1-3H3,(H2,24,25,26). The van der Waals surface area contributed by atoms with Gasteiger partial charge in [0, 0.05) is 31.9 Å². The largest absolute Gasteiger partial charge is 0.490 e. The van der Waals surface area contributed by atoms with Gasteiger partial charge in [-0.3, -0.25) is 4.68 Å². The van der Waals surface area contributed by atoms with E-state index in [1.165, 1.54) is 31.2 Å². The Kier molecular flexibility index (Phi) is 7.74. The summed E-state index contributed by atoms with van der Waals surface area (Å²) >= 11 is 0.